The zero-order chi connectivity index (χ0) is 47.7. The third kappa shape index (κ3) is 7.42. The maximum atomic E-state index is 17.2. The molecule has 0 spiro atoms. The Bertz CT molecular complexity index is 3200. The predicted octanol–water partition coefficient (Wildman–Crippen LogP) is 19.4. The van der Waals surface area contributed by atoms with Gasteiger partial charge in [0.05, 0.1) is 11.4 Å². The second-order valence-electron chi connectivity index (χ2n) is 19.4. The second kappa shape index (κ2) is 17.5. The number of halogens is 4. The van der Waals surface area contributed by atoms with Crippen molar-refractivity contribution >= 4 is 88.0 Å². The predicted molar refractivity (Wildman–Crippen MR) is 280 cm³/mol. The topological polar surface area (TPSA) is 6.48 Å². The average Bonchev–Trinajstić information content (AvgIpc) is 3.35. The molecule has 340 valence electrons. The molecule has 68 heavy (non-hydrogen) atoms. The minimum absolute atomic E-state index is 0.266. The summed E-state index contributed by atoms with van der Waals surface area (Å²) < 4.78 is 66.5. The van der Waals surface area contributed by atoms with Crippen LogP contribution in [0.4, 0.5) is 51.7 Å². The molecule has 0 aliphatic rings. The van der Waals surface area contributed by atoms with Crippen LogP contribution in [-0.4, -0.2) is 0 Å². The van der Waals surface area contributed by atoms with Gasteiger partial charge in [0.25, 0.3) is 0 Å². The average molecular weight is 903 g/mol. The van der Waals surface area contributed by atoms with Crippen molar-refractivity contribution < 1.29 is 17.6 Å². The Hall–Kier alpha value is -7.18. The van der Waals surface area contributed by atoms with Crippen LogP contribution in [0.15, 0.2) is 158 Å². The van der Waals surface area contributed by atoms with Gasteiger partial charge in [0.15, 0.2) is 23.3 Å². The highest BCUT2D eigenvalue weighted by Crippen LogP contribution is 2.52. The molecule has 0 fully saturated rings. The normalized spacial score (nSPS) is 12.1. The summed E-state index contributed by atoms with van der Waals surface area (Å²) in [6.45, 7) is 17.2. The summed E-state index contributed by atoms with van der Waals surface area (Å²) in [7, 11) is 0. The van der Waals surface area contributed by atoms with Gasteiger partial charge in [0, 0.05) is 44.3 Å². The van der Waals surface area contributed by atoms with Gasteiger partial charge in [-0.3, -0.25) is 0 Å². The minimum atomic E-state index is -1.85. The van der Waals surface area contributed by atoms with E-state index in [9.17, 15) is 0 Å². The van der Waals surface area contributed by atoms with Crippen LogP contribution in [0.2, 0.25) is 0 Å². The standard InChI is InChI=1S/C62H54F4N2/c1-35(2)39-17-25-43(26-18-39)67(44-27-19-40(20-28-44)36(3)4)53-33-51-55(49-15-11-9-13-47(49)53)56-50-16-12-10-14-48(50)54(34-52(56)58-57(51)59(63)61(65)62(66)60(58)64)68(45-29-21-41(22-30-45)37(5)6)46-31-23-42(24-32-46)38(7)8/h9-38H,1-8H3. The van der Waals surface area contributed by atoms with E-state index < -0.39 is 23.3 Å². The summed E-state index contributed by atoms with van der Waals surface area (Å²) in [6, 6.07) is 53.0. The Morgan fingerprint density at radius 3 is 0.779 bits per heavy atom. The fourth-order valence-corrected chi connectivity index (χ4v) is 10.0. The zero-order valence-corrected chi connectivity index (χ0v) is 39.7. The van der Waals surface area contributed by atoms with Gasteiger partial charge in [-0.25, -0.2) is 17.6 Å². The highest BCUT2D eigenvalue weighted by Gasteiger charge is 2.29. The number of hydrogen-bond donors (Lipinski definition) is 0. The Balaban J connectivity index is 1.37. The molecule has 0 N–H and O–H groups in total. The van der Waals surface area contributed by atoms with Gasteiger partial charge < -0.3 is 9.80 Å². The maximum absolute atomic E-state index is 17.2. The van der Waals surface area contributed by atoms with E-state index in [0.29, 0.717) is 45.8 Å². The molecule has 10 aromatic carbocycles. The van der Waals surface area contributed by atoms with Crippen LogP contribution < -0.4 is 9.80 Å². The number of hydrogen-bond acceptors (Lipinski definition) is 2. The van der Waals surface area contributed by atoms with Gasteiger partial charge in [-0.2, -0.15) is 0 Å². The lowest BCUT2D eigenvalue weighted by Crippen LogP contribution is -2.12. The lowest BCUT2D eigenvalue weighted by Gasteiger charge is -2.30. The van der Waals surface area contributed by atoms with Crippen molar-refractivity contribution in [2.45, 2.75) is 79.1 Å². The molecule has 6 heteroatoms. The quantitative estimate of drug-likeness (QED) is 0.0584. The Labute approximate surface area is 396 Å². The zero-order valence-electron chi connectivity index (χ0n) is 39.7. The van der Waals surface area contributed by atoms with E-state index in [4.69, 9.17) is 0 Å². The van der Waals surface area contributed by atoms with E-state index in [1.165, 1.54) is 22.3 Å². The van der Waals surface area contributed by atoms with Crippen LogP contribution >= 0.6 is 0 Å². The lowest BCUT2D eigenvalue weighted by molar-refractivity contribution is 0.418. The molecule has 0 unspecified atom stereocenters. The minimum Gasteiger partial charge on any atom is -0.310 e. The van der Waals surface area contributed by atoms with Crippen molar-refractivity contribution in [3.05, 3.63) is 203 Å². The molecule has 0 aromatic heterocycles. The molecular weight excluding hydrogens is 849 g/mol. The summed E-state index contributed by atoms with van der Waals surface area (Å²) in [4.78, 5) is 4.24. The molecule has 0 aliphatic carbocycles. The monoisotopic (exact) mass is 902 g/mol. The molecule has 0 amide bonds. The molecule has 0 heterocycles. The van der Waals surface area contributed by atoms with Gasteiger partial charge in [-0.15, -0.1) is 0 Å². The van der Waals surface area contributed by atoms with Gasteiger partial charge in [0.2, 0.25) is 0 Å². The molecule has 2 nitrogen and oxygen atoms in total. The lowest BCUT2D eigenvalue weighted by atomic mass is 9.86. The molecule has 10 rings (SSSR count). The molecule has 0 radical (unpaired) electrons. The number of rotatable bonds is 10. The number of benzene rings is 10. The van der Waals surface area contributed by atoms with E-state index in [1.54, 1.807) is 0 Å². The fourth-order valence-electron chi connectivity index (χ4n) is 10.0. The van der Waals surface area contributed by atoms with E-state index >= 15 is 17.6 Å². The second-order valence-corrected chi connectivity index (χ2v) is 19.4. The number of fused-ring (bicyclic) bond motifs is 10. The Morgan fingerprint density at radius 2 is 0.529 bits per heavy atom. The first-order valence-electron chi connectivity index (χ1n) is 23.7. The number of nitrogens with zero attached hydrogens (tertiary/aromatic N) is 2. The molecule has 0 bridgehead atoms. The van der Waals surface area contributed by atoms with Crippen molar-refractivity contribution in [1.82, 2.24) is 0 Å². The van der Waals surface area contributed by atoms with E-state index in [0.717, 1.165) is 44.3 Å². The first-order chi connectivity index (χ1) is 32.7. The molecule has 0 aliphatic heterocycles. The summed E-state index contributed by atoms with van der Waals surface area (Å²) in [5, 5.41) is 4.30. The van der Waals surface area contributed by atoms with Crippen molar-refractivity contribution in [2.24, 2.45) is 0 Å². The van der Waals surface area contributed by atoms with Crippen molar-refractivity contribution in [3.63, 3.8) is 0 Å². The van der Waals surface area contributed by atoms with E-state index in [-0.39, 0.29) is 21.5 Å². The van der Waals surface area contributed by atoms with Crippen molar-refractivity contribution in [3.8, 4) is 0 Å². The van der Waals surface area contributed by atoms with Gasteiger partial charge in [-0.05, 0) is 139 Å². The van der Waals surface area contributed by atoms with Gasteiger partial charge in [0.1, 0.15) is 0 Å². The molecule has 0 saturated heterocycles. The van der Waals surface area contributed by atoms with Crippen LogP contribution in [0, 0.1) is 23.3 Å². The Morgan fingerprint density at radius 1 is 0.279 bits per heavy atom. The van der Waals surface area contributed by atoms with Crippen molar-refractivity contribution in [2.75, 3.05) is 9.80 Å². The van der Waals surface area contributed by atoms with Crippen molar-refractivity contribution in [1.29, 1.82) is 0 Å². The van der Waals surface area contributed by atoms with Gasteiger partial charge >= 0.3 is 0 Å². The third-order valence-corrected chi connectivity index (χ3v) is 13.9. The first kappa shape index (κ1) is 44.6. The van der Waals surface area contributed by atoms with Crippen LogP contribution in [0.5, 0.6) is 0 Å². The summed E-state index contributed by atoms with van der Waals surface area (Å²) >= 11 is 0. The van der Waals surface area contributed by atoms with E-state index in [1.807, 2.05) is 60.7 Å². The first-order valence-corrected chi connectivity index (χ1v) is 23.7. The van der Waals surface area contributed by atoms with Crippen LogP contribution in [-0.2, 0) is 0 Å². The third-order valence-electron chi connectivity index (χ3n) is 13.9. The van der Waals surface area contributed by atoms with E-state index in [2.05, 4.69) is 162 Å². The molecule has 0 atom stereocenters. The highest BCUT2D eigenvalue weighted by atomic mass is 19.2. The largest absolute Gasteiger partial charge is 0.310 e. The molecule has 0 saturated carbocycles. The number of anilines is 6. The smallest absolute Gasteiger partial charge is 0.198 e. The van der Waals surface area contributed by atoms with Gasteiger partial charge in [-0.1, -0.05) is 152 Å². The molecule has 10 aromatic rings. The summed E-state index contributed by atoms with van der Waals surface area (Å²) in [6.07, 6.45) is 0. The highest BCUT2D eigenvalue weighted by molar-refractivity contribution is 6.39. The van der Waals surface area contributed by atoms with Crippen LogP contribution in [0.25, 0.3) is 53.9 Å². The SMILES string of the molecule is CC(C)c1ccc(N(c2ccc(C(C)C)cc2)c2cc3c4c(F)c(F)c(F)c(F)c4c4cc(N(c5ccc(C(C)C)cc5)c5ccc(C(C)C)cc5)c5ccccc5c4c3c3ccccc23)cc1. The fraction of sp³-hybridized carbons (Fsp3) is 0.194. The van der Waals surface area contributed by atoms with Crippen LogP contribution in [0.1, 0.15) is 101 Å². The Kier molecular flexibility index (Phi) is 11.5. The maximum Gasteiger partial charge on any atom is 0.198 e. The van der Waals surface area contributed by atoms with Crippen LogP contribution in [0.3, 0.4) is 0 Å². The molecular formula is C62H54F4N2. The summed E-state index contributed by atoms with van der Waals surface area (Å²) in [5.41, 5.74) is 9.44. The summed E-state index contributed by atoms with van der Waals surface area (Å²) in [5.74, 6) is -5.39.